The molecule has 0 N–H and O–H groups in total. The van der Waals surface area contributed by atoms with Crippen LogP contribution < -0.4 is 0 Å². The average Bonchev–Trinajstić information content (AvgIpc) is 2.69. The van der Waals surface area contributed by atoms with Crippen molar-refractivity contribution < 1.29 is 9.21 Å². The molecule has 0 bridgehead atoms. The fourth-order valence-corrected chi connectivity index (χ4v) is 2.27. The minimum atomic E-state index is -0.159. The van der Waals surface area contributed by atoms with E-state index in [1.165, 1.54) is 0 Å². The van der Waals surface area contributed by atoms with Crippen LogP contribution in [0.3, 0.4) is 0 Å². The van der Waals surface area contributed by atoms with Crippen molar-refractivity contribution in [3.8, 4) is 0 Å². The third-order valence-corrected chi connectivity index (χ3v) is 3.22. The Morgan fingerprint density at radius 2 is 2.18 bits per heavy atom. The topological polar surface area (TPSA) is 43.1 Å². The monoisotopic (exact) mass is 341 g/mol. The van der Waals surface area contributed by atoms with Crippen molar-refractivity contribution in [1.82, 2.24) is 4.98 Å². The average molecular weight is 341 g/mol. The van der Waals surface area contributed by atoms with E-state index in [-0.39, 0.29) is 11.7 Å². The predicted octanol–water partition coefficient (Wildman–Crippen LogP) is 3.46. The molecule has 0 fully saturated rings. The van der Waals surface area contributed by atoms with Crippen molar-refractivity contribution in [1.29, 1.82) is 0 Å². The molecule has 0 unspecified atom stereocenters. The fraction of sp³-hybridized carbons (Fsp3) is 0.231. The molecule has 4 heteroatoms. The Morgan fingerprint density at radius 3 is 2.76 bits per heavy atom. The van der Waals surface area contributed by atoms with Gasteiger partial charge in [0.15, 0.2) is 0 Å². The number of carbonyl (C=O) groups is 1. The molecule has 0 spiro atoms. The van der Waals surface area contributed by atoms with Crippen LogP contribution in [0, 0.1) is 13.8 Å². The summed E-state index contributed by atoms with van der Waals surface area (Å²) in [5.41, 5.74) is 2.50. The second-order valence-corrected chi connectivity index (χ2v) is 4.62. The smallest absolute Gasteiger partial charge is 0.268 e. The molecule has 1 aromatic heterocycles. The number of oxazole rings is 1. The fourth-order valence-electron chi connectivity index (χ4n) is 1.56. The van der Waals surface area contributed by atoms with Crippen LogP contribution in [-0.4, -0.2) is 10.8 Å². The molecule has 0 saturated carbocycles. The second kappa shape index (κ2) is 5.00. The molecule has 0 aliphatic carbocycles. The molecular weight excluding hydrogens is 329 g/mol. The summed E-state index contributed by atoms with van der Waals surface area (Å²) in [7, 11) is 0. The van der Waals surface area contributed by atoms with Gasteiger partial charge in [0.2, 0.25) is 5.78 Å². The first-order valence-corrected chi connectivity index (χ1v) is 6.78. The van der Waals surface area contributed by atoms with Crippen LogP contribution in [0.4, 0.5) is 0 Å². The van der Waals surface area contributed by atoms with Crippen LogP contribution in [-0.2, 0) is 4.43 Å². The van der Waals surface area contributed by atoms with Crippen molar-refractivity contribution in [2.75, 3.05) is 0 Å². The molecule has 0 radical (unpaired) electrons. The molecule has 0 aliphatic heterocycles. The molecule has 17 heavy (non-hydrogen) atoms. The normalized spacial score (nSPS) is 10.5. The van der Waals surface area contributed by atoms with Crippen molar-refractivity contribution in [2.45, 2.75) is 18.3 Å². The number of halogens is 1. The third-order valence-electron chi connectivity index (χ3n) is 2.49. The van der Waals surface area contributed by atoms with Crippen LogP contribution in [0.25, 0.3) is 0 Å². The minimum absolute atomic E-state index is 0.159. The highest BCUT2D eigenvalue weighted by molar-refractivity contribution is 14.1. The first-order chi connectivity index (χ1) is 8.11. The molecule has 0 aliphatic rings. The van der Waals surface area contributed by atoms with Crippen molar-refractivity contribution >= 4 is 28.4 Å². The molecule has 88 valence electrons. The number of aromatic nitrogens is 1. The molecule has 2 aromatic rings. The molecule has 3 nitrogen and oxygen atoms in total. The van der Waals surface area contributed by atoms with Gasteiger partial charge in [0.05, 0.1) is 5.69 Å². The summed E-state index contributed by atoms with van der Waals surface area (Å²) in [6, 6.07) is 7.43. The number of ketones is 1. The standard InChI is InChI=1S/C13H12INO2/c1-8-4-3-5-10(6-8)12(16)13-15-11(7-14)9(2)17-13/h3-6H,7H2,1-2H3. The number of nitrogens with zero attached hydrogens (tertiary/aromatic N) is 1. The zero-order valence-corrected chi connectivity index (χ0v) is 11.8. The summed E-state index contributed by atoms with van der Waals surface area (Å²) in [6.45, 7) is 3.78. The number of aryl methyl sites for hydroxylation is 2. The lowest BCUT2D eigenvalue weighted by Gasteiger charge is -1.97. The van der Waals surface area contributed by atoms with Gasteiger partial charge in [-0.15, -0.1) is 0 Å². The van der Waals surface area contributed by atoms with Crippen molar-refractivity contribution in [3.05, 3.63) is 52.7 Å². The van der Waals surface area contributed by atoms with Gasteiger partial charge in [-0.2, -0.15) is 0 Å². The maximum Gasteiger partial charge on any atom is 0.268 e. The van der Waals surface area contributed by atoms with Gasteiger partial charge in [0.25, 0.3) is 5.89 Å². The van der Waals surface area contributed by atoms with Crippen molar-refractivity contribution in [2.24, 2.45) is 0 Å². The van der Waals surface area contributed by atoms with Gasteiger partial charge in [-0.05, 0) is 19.9 Å². The van der Waals surface area contributed by atoms with Crippen LogP contribution in [0.2, 0.25) is 0 Å². The predicted molar refractivity (Wildman–Crippen MR) is 73.6 cm³/mol. The highest BCUT2D eigenvalue weighted by Gasteiger charge is 2.17. The lowest BCUT2D eigenvalue weighted by Crippen LogP contribution is -2.02. The number of hydrogen-bond acceptors (Lipinski definition) is 3. The number of alkyl halides is 1. The van der Waals surface area contributed by atoms with E-state index in [0.717, 1.165) is 21.4 Å². The minimum Gasteiger partial charge on any atom is -0.439 e. The molecule has 1 aromatic carbocycles. The van der Waals surface area contributed by atoms with E-state index in [0.29, 0.717) is 5.56 Å². The van der Waals surface area contributed by atoms with Crippen LogP contribution in [0.15, 0.2) is 28.7 Å². The summed E-state index contributed by atoms with van der Waals surface area (Å²) in [5, 5.41) is 0. The van der Waals surface area contributed by atoms with Gasteiger partial charge in [0.1, 0.15) is 5.76 Å². The number of carbonyl (C=O) groups excluding carboxylic acids is 1. The Kier molecular flexibility index (Phi) is 3.61. The van der Waals surface area contributed by atoms with Gasteiger partial charge >= 0.3 is 0 Å². The maximum absolute atomic E-state index is 12.1. The maximum atomic E-state index is 12.1. The summed E-state index contributed by atoms with van der Waals surface area (Å²) < 4.78 is 6.14. The Balaban J connectivity index is 2.37. The lowest BCUT2D eigenvalue weighted by molar-refractivity contribution is 0.100. The van der Waals surface area contributed by atoms with Gasteiger partial charge in [-0.25, -0.2) is 4.98 Å². The quantitative estimate of drug-likeness (QED) is 0.488. The summed E-state index contributed by atoms with van der Waals surface area (Å²) in [6.07, 6.45) is 0. The lowest BCUT2D eigenvalue weighted by atomic mass is 10.1. The first-order valence-electron chi connectivity index (χ1n) is 5.25. The number of benzene rings is 1. The van der Waals surface area contributed by atoms with E-state index in [4.69, 9.17) is 4.42 Å². The molecule has 0 atom stereocenters. The van der Waals surface area contributed by atoms with Gasteiger partial charge in [-0.1, -0.05) is 46.4 Å². The molecule has 1 heterocycles. The third kappa shape index (κ3) is 2.57. The van der Waals surface area contributed by atoms with E-state index in [1.807, 2.05) is 32.0 Å². The van der Waals surface area contributed by atoms with Gasteiger partial charge in [0, 0.05) is 9.99 Å². The van der Waals surface area contributed by atoms with Crippen LogP contribution in [0.5, 0.6) is 0 Å². The van der Waals surface area contributed by atoms with Crippen LogP contribution >= 0.6 is 22.6 Å². The molecular formula is C13H12INO2. The summed E-state index contributed by atoms with van der Waals surface area (Å²) in [4.78, 5) is 16.3. The Bertz CT molecular complexity index is 560. The zero-order valence-electron chi connectivity index (χ0n) is 9.66. The molecule has 0 amide bonds. The number of hydrogen-bond donors (Lipinski definition) is 0. The molecule has 2 rings (SSSR count). The second-order valence-electron chi connectivity index (χ2n) is 3.85. The van der Waals surface area contributed by atoms with Gasteiger partial charge < -0.3 is 4.42 Å². The van der Waals surface area contributed by atoms with Crippen molar-refractivity contribution in [3.63, 3.8) is 0 Å². The SMILES string of the molecule is Cc1cccc(C(=O)c2nc(CI)c(C)o2)c1. The number of rotatable bonds is 3. The summed E-state index contributed by atoms with van der Waals surface area (Å²) >= 11 is 2.20. The van der Waals surface area contributed by atoms with Crippen LogP contribution in [0.1, 0.15) is 33.3 Å². The highest BCUT2D eigenvalue weighted by atomic mass is 127. The largest absolute Gasteiger partial charge is 0.439 e. The highest BCUT2D eigenvalue weighted by Crippen LogP contribution is 2.16. The van der Waals surface area contributed by atoms with E-state index in [9.17, 15) is 4.79 Å². The zero-order chi connectivity index (χ0) is 12.4. The van der Waals surface area contributed by atoms with E-state index < -0.39 is 0 Å². The Morgan fingerprint density at radius 1 is 1.41 bits per heavy atom. The summed E-state index contributed by atoms with van der Waals surface area (Å²) in [5.74, 6) is 0.739. The first kappa shape index (κ1) is 12.3. The van der Waals surface area contributed by atoms with E-state index >= 15 is 0 Å². The Hall–Kier alpha value is -1.17. The molecule has 0 saturated heterocycles. The van der Waals surface area contributed by atoms with E-state index in [1.54, 1.807) is 6.07 Å². The van der Waals surface area contributed by atoms with E-state index in [2.05, 4.69) is 27.6 Å². The Labute approximate surface area is 113 Å². The van der Waals surface area contributed by atoms with Gasteiger partial charge in [-0.3, -0.25) is 4.79 Å².